The van der Waals surface area contributed by atoms with Crippen molar-refractivity contribution >= 4 is 22.8 Å². The molecule has 2 bridgehead atoms. The number of aryl methyl sites for hydroxylation is 1. The van der Waals surface area contributed by atoms with Crippen molar-refractivity contribution in [1.29, 1.82) is 0 Å². The number of nitrogens with zero attached hydrogens (tertiary/aromatic N) is 1. The van der Waals surface area contributed by atoms with Gasteiger partial charge in [0.15, 0.2) is 0 Å². The number of esters is 1. The minimum atomic E-state index is -4.41. The minimum absolute atomic E-state index is 0.0842. The summed E-state index contributed by atoms with van der Waals surface area (Å²) in [6.45, 7) is -0.519. The second-order valence-electron chi connectivity index (χ2n) is 10.1. The quantitative estimate of drug-likeness (QED) is 0.330. The number of hydrogen-bond acceptors (Lipinski definition) is 3. The molecule has 3 aromatic rings. The monoisotopic (exact) mass is 502 g/mol. The molecule has 3 aliphatic rings. The number of benzene rings is 2. The second kappa shape index (κ2) is 8.64. The van der Waals surface area contributed by atoms with Gasteiger partial charge >= 0.3 is 12.1 Å². The molecule has 0 saturated heterocycles. The molecule has 1 amide bonds. The van der Waals surface area contributed by atoms with E-state index in [4.69, 9.17) is 4.74 Å². The van der Waals surface area contributed by atoms with Crippen LogP contribution in [0.3, 0.4) is 0 Å². The lowest BCUT2D eigenvalue weighted by atomic mass is 9.38. The van der Waals surface area contributed by atoms with Crippen LogP contribution in [0.2, 0.25) is 0 Å². The van der Waals surface area contributed by atoms with Crippen molar-refractivity contribution in [2.75, 3.05) is 13.8 Å². The van der Waals surface area contributed by atoms with Crippen LogP contribution in [-0.4, -0.2) is 35.8 Å². The maximum absolute atomic E-state index is 13.4. The Morgan fingerprint density at radius 2 is 1.78 bits per heavy atom. The first-order valence-corrected chi connectivity index (χ1v) is 11.8. The van der Waals surface area contributed by atoms with Crippen LogP contribution >= 0.6 is 0 Å². The van der Waals surface area contributed by atoms with E-state index in [1.165, 1.54) is 19.2 Å². The Kier molecular flexibility index (Phi) is 5.84. The summed E-state index contributed by atoms with van der Waals surface area (Å²) in [5, 5.41) is 3.80. The second-order valence-corrected chi connectivity index (χ2v) is 10.1. The number of rotatable bonds is 8. The van der Waals surface area contributed by atoms with Gasteiger partial charge in [0.25, 0.3) is 5.91 Å². The standard InChI is InChI=1S/C27H26F4N2O3/c1-36-22(34)12-25-14-26(15-25,16-25)32-24(35)20-13-33(10-9-28)21-4-2-3-18(23(20)21)11-17-5-7-19(8-6-17)27(29,30)31/h2-8,13H,9-12,14-16H2,1H3,(H,32,35). The highest BCUT2D eigenvalue weighted by Crippen LogP contribution is 2.69. The SMILES string of the molecule is COC(=O)CC12CC(NC(=O)c3cn(CCF)c4cccc(Cc5ccc(C(F)(F)F)cc5)c34)(C1)C2. The van der Waals surface area contributed by atoms with E-state index in [-0.39, 0.29) is 29.4 Å². The number of amides is 1. The number of ether oxygens (including phenoxy) is 1. The van der Waals surface area contributed by atoms with Gasteiger partial charge in [0.2, 0.25) is 0 Å². The third-order valence-electron chi connectivity index (χ3n) is 7.50. The molecule has 1 aromatic heterocycles. The summed E-state index contributed by atoms with van der Waals surface area (Å²) in [6, 6.07) is 10.4. The van der Waals surface area contributed by atoms with Crippen LogP contribution in [0.25, 0.3) is 10.9 Å². The first-order chi connectivity index (χ1) is 17.1. The first-order valence-electron chi connectivity index (χ1n) is 11.8. The molecule has 0 radical (unpaired) electrons. The van der Waals surface area contributed by atoms with Gasteiger partial charge in [0, 0.05) is 22.6 Å². The van der Waals surface area contributed by atoms with Crippen molar-refractivity contribution < 1.29 is 31.9 Å². The molecule has 6 rings (SSSR count). The number of aromatic nitrogens is 1. The van der Waals surface area contributed by atoms with Gasteiger partial charge in [0.05, 0.1) is 31.2 Å². The number of hydrogen-bond donors (Lipinski definition) is 1. The Hall–Kier alpha value is -3.36. The fourth-order valence-electron chi connectivity index (χ4n) is 6.06. The number of halogens is 4. The lowest BCUT2D eigenvalue weighted by molar-refractivity contribution is -0.175. The molecule has 0 unspecified atom stereocenters. The highest BCUT2D eigenvalue weighted by Gasteiger charge is 2.68. The van der Waals surface area contributed by atoms with E-state index in [1.54, 1.807) is 16.8 Å². The normalized spacial score (nSPS) is 22.6. The fourth-order valence-corrected chi connectivity index (χ4v) is 6.06. The molecule has 3 aliphatic carbocycles. The fraction of sp³-hybridized carbons (Fsp3) is 0.407. The van der Waals surface area contributed by atoms with Gasteiger partial charge < -0.3 is 14.6 Å². The zero-order valence-corrected chi connectivity index (χ0v) is 19.8. The Labute approximate surface area is 205 Å². The van der Waals surface area contributed by atoms with Crippen molar-refractivity contribution in [2.24, 2.45) is 5.41 Å². The van der Waals surface area contributed by atoms with Gasteiger partial charge in [-0.2, -0.15) is 13.2 Å². The predicted octanol–water partition coefficient (Wildman–Crippen LogP) is 5.44. The summed E-state index contributed by atoms with van der Waals surface area (Å²) in [5.74, 6) is -0.527. The van der Waals surface area contributed by atoms with Gasteiger partial charge in [-0.05, 0) is 60.4 Å². The van der Waals surface area contributed by atoms with E-state index in [9.17, 15) is 27.2 Å². The van der Waals surface area contributed by atoms with E-state index in [0.29, 0.717) is 54.1 Å². The average Bonchev–Trinajstić information content (AvgIpc) is 3.16. The maximum atomic E-state index is 13.4. The van der Waals surface area contributed by atoms with E-state index in [1.807, 2.05) is 12.1 Å². The summed E-state index contributed by atoms with van der Waals surface area (Å²) < 4.78 is 58.6. The molecule has 5 nitrogen and oxygen atoms in total. The zero-order valence-electron chi connectivity index (χ0n) is 19.8. The summed E-state index contributed by atoms with van der Waals surface area (Å²) in [5.41, 5.74) is 1.38. The van der Waals surface area contributed by atoms with Gasteiger partial charge in [-0.25, -0.2) is 4.39 Å². The van der Waals surface area contributed by atoms with Crippen molar-refractivity contribution in [3.8, 4) is 0 Å². The van der Waals surface area contributed by atoms with Gasteiger partial charge in [0.1, 0.15) is 6.67 Å². The smallest absolute Gasteiger partial charge is 0.416 e. The lowest BCUT2D eigenvalue weighted by Crippen LogP contribution is -2.75. The molecule has 0 spiro atoms. The topological polar surface area (TPSA) is 60.3 Å². The number of methoxy groups -OCH3 is 1. The number of fused-ring (bicyclic) bond motifs is 1. The third-order valence-corrected chi connectivity index (χ3v) is 7.50. The molecular weight excluding hydrogens is 476 g/mol. The Balaban J connectivity index is 1.41. The van der Waals surface area contributed by atoms with Gasteiger partial charge in [-0.1, -0.05) is 24.3 Å². The predicted molar refractivity (Wildman–Crippen MR) is 125 cm³/mol. The molecule has 36 heavy (non-hydrogen) atoms. The van der Waals surface area contributed by atoms with Crippen LogP contribution in [0.1, 0.15) is 52.7 Å². The number of carbonyl (C=O) groups is 2. The Morgan fingerprint density at radius 3 is 2.39 bits per heavy atom. The van der Waals surface area contributed by atoms with Crippen LogP contribution in [-0.2, 0) is 28.7 Å². The van der Waals surface area contributed by atoms with Crippen LogP contribution < -0.4 is 5.32 Å². The molecule has 1 N–H and O–H groups in total. The minimum Gasteiger partial charge on any atom is -0.469 e. The van der Waals surface area contributed by atoms with Crippen LogP contribution in [0.5, 0.6) is 0 Å². The molecule has 190 valence electrons. The summed E-state index contributed by atoms with van der Waals surface area (Å²) in [4.78, 5) is 25.1. The first kappa shape index (κ1) is 24.3. The van der Waals surface area contributed by atoms with E-state index in [2.05, 4.69) is 5.32 Å². The van der Waals surface area contributed by atoms with E-state index in [0.717, 1.165) is 17.7 Å². The van der Waals surface area contributed by atoms with E-state index >= 15 is 0 Å². The van der Waals surface area contributed by atoms with Gasteiger partial charge in [-0.15, -0.1) is 0 Å². The number of nitrogens with one attached hydrogen (secondary N) is 1. The summed E-state index contributed by atoms with van der Waals surface area (Å²) in [7, 11) is 1.36. The molecule has 9 heteroatoms. The molecule has 0 aliphatic heterocycles. The number of alkyl halides is 4. The van der Waals surface area contributed by atoms with Gasteiger partial charge in [-0.3, -0.25) is 9.59 Å². The van der Waals surface area contributed by atoms with E-state index < -0.39 is 18.4 Å². The largest absolute Gasteiger partial charge is 0.469 e. The molecule has 3 saturated carbocycles. The summed E-state index contributed by atoms with van der Waals surface area (Å²) >= 11 is 0. The molecule has 1 heterocycles. The zero-order chi connectivity index (χ0) is 25.7. The van der Waals surface area contributed by atoms with Crippen molar-refractivity contribution in [1.82, 2.24) is 9.88 Å². The van der Waals surface area contributed by atoms with Crippen molar-refractivity contribution in [3.63, 3.8) is 0 Å². The van der Waals surface area contributed by atoms with Crippen LogP contribution in [0.15, 0.2) is 48.7 Å². The molecule has 2 aromatic carbocycles. The maximum Gasteiger partial charge on any atom is 0.416 e. The third kappa shape index (κ3) is 4.24. The molecule has 0 atom stereocenters. The average molecular weight is 503 g/mol. The highest BCUT2D eigenvalue weighted by atomic mass is 19.4. The van der Waals surface area contributed by atoms with Crippen LogP contribution in [0, 0.1) is 5.41 Å². The Morgan fingerprint density at radius 1 is 1.08 bits per heavy atom. The lowest BCUT2D eigenvalue weighted by Gasteiger charge is -2.70. The summed E-state index contributed by atoms with van der Waals surface area (Å²) in [6.07, 6.45) is 0.0277. The van der Waals surface area contributed by atoms with Crippen molar-refractivity contribution in [2.45, 2.75) is 50.4 Å². The Bertz CT molecular complexity index is 1310. The highest BCUT2D eigenvalue weighted by molar-refractivity contribution is 6.08. The van der Waals surface area contributed by atoms with Crippen molar-refractivity contribution in [3.05, 3.63) is 70.9 Å². The molecular formula is C27H26F4N2O3. The number of carbonyl (C=O) groups excluding carboxylic acids is 2. The van der Waals surface area contributed by atoms with Crippen LogP contribution in [0.4, 0.5) is 17.6 Å². The molecule has 3 fully saturated rings.